The number of anilines is 4. The highest BCUT2D eigenvalue weighted by atomic mass is 16.3. The van der Waals surface area contributed by atoms with E-state index in [2.05, 4.69) is 110 Å². The Morgan fingerprint density at radius 3 is 1.40 bits per heavy atom. The minimum Gasteiger partial charge on any atom is -0.389 e. The quantitative estimate of drug-likeness (QED) is 0.0917. The van der Waals surface area contributed by atoms with Crippen LogP contribution in [0.15, 0.2) is 109 Å². The molecule has 4 N–H and O–H groups in total. The summed E-state index contributed by atoms with van der Waals surface area (Å²) in [4.78, 5) is 26.3. The van der Waals surface area contributed by atoms with Gasteiger partial charge in [0.1, 0.15) is 11.0 Å². The number of para-hydroxylation sites is 2. The van der Waals surface area contributed by atoms with Crippen LogP contribution in [0, 0.1) is 0 Å². The van der Waals surface area contributed by atoms with Crippen molar-refractivity contribution < 1.29 is 10.2 Å². The van der Waals surface area contributed by atoms with Crippen molar-refractivity contribution in [1.82, 2.24) is 29.1 Å². The van der Waals surface area contributed by atoms with Crippen LogP contribution < -0.4 is 20.4 Å². The predicted octanol–water partition coefficient (Wildman–Crippen LogP) is 9.19. The molecule has 0 fully saturated rings. The van der Waals surface area contributed by atoms with Crippen LogP contribution in [0.2, 0.25) is 0 Å². The van der Waals surface area contributed by atoms with Crippen molar-refractivity contribution >= 4 is 67.4 Å². The molecule has 0 aliphatic heterocycles. The second-order valence-corrected chi connectivity index (χ2v) is 17.7. The van der Waals surface area contributed by atoms with Crippen molar-refractivity contribution in [2.45, 2.75) is 91.8 Å². The Hall–Kier alpha value is -6.24. The normalized spacial score (nSPS) is 12.0. The van der Waals surface area contributed by atoms with Gasteiger partial charge in [-0.1, -0.05) is 111 Å². The average Bonchev–Trinajstić information content (AvgIpc) is 3.80. The number of fused-ring (bicyclic) bond motifs is 6. The number of hydrogen-bond acceptors (Lipinski definition) is 10. The van der Waals surface area contributed by atoms with E-state index >= 15 is 0 Å². The molecule has 0 saturated carbocycles. The van der Waals surface area contributed by atoms with E-state index < -0.39 is 11.2 Å². The Labute approximate surface area is 365 Å². The summed E-state index contributed by atoms with van der Waals surface area (Å²) in [6.45, 7) is 15.6. The maximum atomic E-state index is 10.9. The van der Waals surface area contributed by atoms with Gasteiger partial charge in [0.2, 0.25) is 11.9 Å². The Morgan fingerprint density at radius 2 is 0.952 bits per heavy atom. The summed E-state index contributed by atoms with van der Waals surface area (Å²) in [5.41, 5.74) is 12.1. The minimum atomic E-state index is -0.909. The molecule has 0 spiro atoms. The molecule has 4 aromatic carbocycles. The SMILES string of the molecule is CCCN(C)c1nc2c(N(Cc3ccccc3)Cc3ccccc3)nc3ccccc3c2n1CC(C)(C)O.CCCN(C)c1nc2c(N)nc3ccccc3c2n1CC(C)(C)O. The lowest BCUT2D eigenvalue weighted by atomic mass is 10.1. The number of benzene rings is 4. The van der Waals surface area contributed by atoms with Gasteiger partial charge in [0, 0.05) is 51.0 Å². The summed E-state index contributed by atoms with van der Waals surface area (Å²) in [5, 5.41) is 23.4. The van der Waals surface area contributed by atoms with Crippen LogP contribution in [0.1, 0.15) is 65.5 Å². The van der Waals surface area contributed by atoms with E-state index in [-0.39, 0.29) is 0 Å². The van der Waals surface area contributed by atoms with Crippen LogP contribution in [-0.2, 0) is 26.2 Å². The topological polar surface area (TPSA) is 138 Å². The molecular weight excluding hydrogens is 773 g/mol. The zero-order valence-electron chi connectivity index (χ0n) is 37.5. The van der Waals surface area contributed by atoms with E-state index in [0.29, 0.717) is 37.5 Å². The molecule has 0 atom stereocenters. The molecule has 0 unspecified atom stereocenters. The summed E-state index contributed by atoms with van der Waals surface area (Å²) < 4.78 is 4.24. The third-order valence-corrected chi connectivity index (χ3v) is 10.8. The first-order valence-corrected chi connectivity index (χ1v) is 21.7. The molecule has 0 bridgehead atoms. The molecule has 0 radical (unpaired) electrons. The lowest BCUT2D eigenvalue weighted by Crippen LogP contribution is -2.29. The fourth-order valence-corrected chi connectivity index (χ4v) is 8.22. The number of nitrogens with two attached hydrogens (primary N) is 1. The van der Waals surface area contributed by atoms with E-state index in [1.54, 1.807) is 13.8 Å². The van der Waals surface area contributed by atoms with Crippen molar-refractivity contribution in [2.75, 3.05) is 47.6 Å². The molecule has 4 heterocycles. The minimum absolute atomic E-state index is 0.421. The van der Waals surface area contributed by atoms with Crippen LogP contribution in [-0.4, -0.2) is 77.7 Å². The first kappa shape index (κ1) is 43.8. The first-order valence-electron chi connectivity index (χ1n) is 21.7. The summed E-state index contributed by atoms with van der Waals surface area (Å²) >= 11 is 0. The van der Waals surface area contributed by atoms with Gasteiger partial charge >= 0.3 is 0 Å². The van der Waals surface area contributed by atoms with E-state index in [9.17, 15) is 10.2 Å². The molecule has 0 aliphatic rings. The number of nitrogens with zero attached hydrogens (tertiary/aromatic N) is 9. The monoisotopic (exact) mass is 835 g/mol. The molecule has 12 heteroatoms. The maximum Gasteiger partial charge on any atom is 0.206 e. The van der Waals surface area contributed by atoms with E-state index in [4.69, 9.17) is 20.7 Å². The van der Waals surface area contributed by atoms with Gasteiger partial charge in [-0.25, -0.2) is 19.9 Å². The number of pyridine rings is 2. The average molecular weight is 835 g/mol. The molecule has 0 saturated heterocycles. The Bertz CT molecular complexity index is 2710. The van der Waals surface area contributed by atoms with Gasteiger partial charge in [-0.05, 0) is 63.8 Å². The summed E-state index contributed by atoms with van der Waals surface area (Å²) in [7, 11) is 4.09. The molecule has 8 aromatic rings. The number of aromatic nitrogens is 6. The van der Waals surface area contributed by atoms with Crippen molar-refractivity contribution in [3.8, 4) is 0 Å². The van der Waals surface area contributed by atoms with Gasteiger partial charge < -0.3 is 39.8 Å². The summed E-state index contributed by atoms with van der Waals surface area (Å²) in [5.74, 6) is 2.93. The largest absolute Gasteiger partial charge is 0.389 e. The smallest absolute Gasteiger partial charge is 0.206 e. The lowest BCUT2D eigenvalue weighted by molar-refractivity contribution is 0.0625. The number of rotatable bonds is 15. The Morgan fingerprint density at radius 1 is 0.548 bits per heavy atom. The molecule has 8 rings (SSSR count). The van der Waals surface area contributed by atoms with Crippen LogP contribution in [0.25, 0.3) is 43.9 Å². The van der Waals surface area contributed by atoms with Gasteiger partial charge in [0.15, 0.2) is 11.6 Å². The van der Waals surface area contributed by atoms with E-state index in [1.807, 2.05) is 69.4 Å². The summed E-state index contributed by atoms with van der Waals surface area (Å²) in [6.07, 6.45) is 2.01. The zero-order valence-corrected chi connectivity index (χ0v) is 37.5. The van der Waals surface area contributed by atoms with Crippen LogP contribution in [0.5, 0.6) is 0 Å². The standard InChI is InChI=1S/C32H37N5O.C18H25N5O/c1-5-20-35(4)31-34-28-29(37(31)23-32(2,3)38)26-18-12-13-19-27(26)33-30(28)36(21-24-14-8-6-9-15-24)22-25-16-10-7-11-17-25;1-5-10-22(4)17-21-14-15(23(17)11-18(2,3)24)12-8-6-7-9-13(12)20-16(14)19/h6-19,38H,5,20-23H2,1-4H3;6-9,24H,5,10-11H2,1-4H3,(H2,19,20). The van der Waals surface area contributed by atoms with Crippen molar-refractivity contribution in [3.63, 3.8) is 0 Å². The highest BCUT2D eigenvalue weighted by Gasteiger charge is 2.27. The van der Waals surface area contributed by atoms with Crippen molar-refractivity contribution in [2.24, 2.45) is 0 Å². The number of hydrogen-bond donors (Lipinski definition) is 3. The molecular formula is C50H62N10O2. The highest BCUT2D eigenvalue weighted by molar-refractivity contribution is 6.08. The predicted molar refractivity (Wildman–Crippen MR) is 257 cm³/mol. The molecule has 0 aliphatic carbocycles. The Balaban J connectivity index is 0.000000207. The van der Waals surface area contributed by atoms with Gasteiger partial charge in [-0.15, -0.1) is 0 Å². The van der Waals surface area contributed by atoms with Gasteiger partial charge in [-0.3, -0.25) is 0 Å². The third kappa shape index (κ3) is 9.77. The van der Waals surface area contributed by atoms with E-state index in [0.717, 1.165) is 82.0 Å². The molecule has 324 valence electrons. The van der Waals surface area contributed by atoms with Gasteiger partial charge in [-0.2, -0.15) is 0 Å². The fourth-order valence-electron chi connectivity index (χ4n) is 8.22. The maximum absolute atomic E-state index is 10.9. The molecule has 0 amide bonds. The van der Waals surface area contributed by atoms with Crippen LogP contribution >= 0.6 is 0 Å². The Kier molecular flexibility index (Phi) is 13.0. The zero-order chi connectivity index (χ0) is 44.2. The number of aliphatic hydroxyl groups is 2. The number of nitrogen functional groups attached to an aromatic ring is 1. The van der Waals surface area contributed by atoms with Crippen LogP contribution in [0.3, 0.4) is 0 Å². The second kappa shape index (κ2) is 18.4. The van der Waals surface area contributed by atoms with E-state index in [1.165, 1.54) is 11.1 Å². The molecule has 62 heavy (non-hydrogen) atoms. The lowest BCUT2D eigenvalue weighted by Gasteiger charge is -2.26. The van der Waals surface area contributed by atoms with Gasteiger partial charge in [0.25, 0.3) is 0 Å². The molecule has 12 nitrogen and oxygen atoms in total. The van der Waals surface area contributed by atoms with Crippen molar-refractivity contribution in [1.29, 1.82) is 0 Å². The van der Waals surface area contributed by atoms with Gasteiger partial charge in [0.05, 0.1) is 46.4 Å². The first-order chi connectivity index (χ1) is 29.7. The molecule has 4 aromatic heterocycles. The summed E-state index contributed by atoms with van der Waals surface area (Å²) in [6, 6.07) is 37.2. The van der Waals surface area contributed by atoms with Crippen molar-refractivity contribution in [3.05, 3.63) is 120 Å². The number of imidazole rings is 2. The third-order valence-electron chi connectivity index (χ3n) is 10.8. The van der Waals surface area contributed by atoms with Crippen LogP contribution in [0.4, 0.5) is 23.5 Å². The second-order valence-electron chi connectivity index (χ2n) is 17.7. The highest BCUT2D eigenvalue weighted by Crippen LogP contribution is 2.37. The fraction of sp³-hybridized carbons (Fsp3) is 0.360.